The number of hydrogen-bond acceptors (Lipinski definition) is 5. The number of hydrogen-bond donors (Lipinski definition) is 1. The molecular weight excluding hydrogens is 408 g/mol. The Morgan fingerprint density at radius 1 is 1.03 bits per heavy atom. The third-order valence-corrected chi connectivity index (χ3v) is 5.01. The molecule has 1 N–H and O–H groups in total. The van der Waals surface area contributed by atoms with Crippen LogP contribution in [0.15, 0.2) is 53.9 Å². The van der Waals surface area contributed by atoms with E-state index < -0.39 is 0 Å². The number of benzene rings is 2. The fourth-order valence-corrected chi connectivity index (χ4v) is 3.40. The number of rotatable bonds is 10. The topological polar surface area (TPSA) is 60.5 Å². The van der Waals surface area contributed by atoms with Crippen molar-refractivity contribution in [3.05, 3.63) is 58.9 Å². The maximum atomic E-state index is 12.1. The molecule has 0 saturated heterocycles. The van der Waals surface area contributed by atoms with E-state index in [0.717, 1.165) is 29.2 Å². The Labute approximate surface area is 179 Å². The van der Waals surface area contributed by atoms with Crippen molar-refractivity contribution in [3.8, 4) is 22.8 Å². The van der Waals surface area contributed by atoms with Crippen LogP contribution in [-0.4, -0.2) is 24.1 Å². The fourth-order valence-electron chi connectivity index (χ4n) is 2.54. The molecule has 0 spiro atoms. The molecule has 5 nitrogen and oxygen atoms in total. The van der Waals surface area contributed by atoms with E-state index >= 15 is 0 Å². The number of carbonyl (C=O) groups excluding carboxylic acids is 1. The molecule has 1 heterocycles. The second kappa shape index (κ2) is 10.8. The zero-order valence-electron chi connectivity index (χ0n) is 16.2. The predicted molar refractivity (Wildman–Crippen MR) is 118 cm³/mol. The van der Waals surface area contributed by atoms with Gasteiger partial charge in [0.25, 0.3) is 0 Å². The Morgan fingerprint density at radius 2 is 1.69 bits per heavy atom. The Hall–Kier alpha value is -2.57. The first-order valence-electron chi connectivity index (χ1n) is 9.51. The van der Waals surface area contributed by atoms with Gasteiger partial charge in [0.15, 0.2) is 5.13 Å². The van der Waals surface area contributed by atoms with E-state index in [-0.39, 0.29) is 5.91 Å². The Balaban J connectivity index is 1.43. The minimum Gasteiger partial charge on any atom is -0.494 e. The number of ether oxygens (including phenoxy) is 2. The maximum Gasteiger partial charge on any atom is 0.226 e. The number of aromatic nitrogens is 1. The van der Waals surface area contributed by atoms with Crippen LogP contribution in [-0.2, 0) is 4.79 Å². The first kappa shape index (κ1) is 21.1. The summed E-state index contributed by atoms with van der Waals surface area (Å²) in [5.74, 6) is 1.51. The van der Waals surface area contributed by atoms with Crippen LogP contribution >= 0.6 is 22.9 Å². The molecule has 1 aromatic heterocycles. The fraction of sp³-hybridized carbons (Fsp3) is 0.273. The predicted octanol–water partition coefficient (Wildman–Crippen LogP) is 6.05. The molecule has 3 rings (SSSR count). The number of nitrogens with zero attached hydrogens (tertiary/aromatic N) is 1. The molecule has 0 radical (unpaired) electrons. The zero-order valence-corrected chi connectivity index (χ0v) is 17.8. The molecule has 29 heavy (non-hydrogen) atoms. The molecule has 0 aliphatic heterocycles. The summed E-state index contributed by atoms with van der Waals surface area (Å²) in [4.78, 5) is 16.6. The van der Waals surface area contributed by atoms with E-state index in [1.807, 2.05) is 41.8 Å². The van der Waals surface area contributed by atoms with Crippen molar-refractivity contribution in [2.24, 2.45) is 0 Å². The highest BCUT2D eigenvalue weighted by atomic mass is 35.5. The molecule has 0 aliphatic rings. The highest BCUT2D eigenvalue weighted by Crippen LogP contribution is 2.26. The molecule has 3 aromatic rings. The monoisotopic (exact) mass is 430 g/mol. The van der Waals surface area contributed by atoms with Gasteiger partial charge in [0.1, 0.15) is 11.5 Å². The van der Waals surface area contributed by atoms with Crippen molar-refractivity contribution in [1.82, 2.24) is 4.98 Å². The first-order valence-corrected chi connectivity index (χ1v) is 10.8. The molecule has 0 atom stereocenters. The second-order valence-electron chi connectivity index (χ2n) is 6.36. The van der Waals surface area contributed by atoms with Crippen LogP contribution in [0.4, 0.5) is 5.13 Å². The molecule has 152 valence electrons. The van der Waals surface area contributed by atoms with Gasteiger partial charge in [-0.15, -0.1) is 11.3 Å². The van der Waals surface area contributed by atoms with Gasteiger partial charge in [-0.2, -0.15) is 0 Å². The van der Waals surface area contributed by atoms with Crippen molar-refractivity contribution < 1.29 is 14.3 Å². The van der Waals surface area contributed by atoms with Gasteiger partial charge in [-0.05, 0) is 61.4 Å². The largest absolute Gasteiger partial charge is 0.494 e. The number of thiazole rings is 1. The van der Waals surface area contributed by atoms with Crippen LogP contribution in [0.1, 0.15) is 26.2 Å². The molecule has 2 aromatic carbocycles. The summed E-state index contributed by atoms with van der Waals surface area (Å²) in [5, 5.41) is 6.04. The maximum absolute atomic E-state index is 12.1. The summed E-state index contributed by atoms with van der Waals surface area (Å²) in [6.07, 6.45) is 1.96. The average molecular weight is 431 g/mol. The summed E-state index contributed by atoms with van der Waals surface area (Å²) in [6, 6.07) is 15.0. The molecule has 0 fully saturated rings. The lowest BCUT2D eigenvalue weighted by molar-refractivity contribution is -0.116. The summed E-state index contributed by atoms with van der Waals surface area (Å²) < 4.78 is 11.2. The van der Waals surface area contributed by atoms with Gasteiger partial charge in [-0.25, -0.2) is 4.98 Å². The third kappa shape index (κ3) is 6.76. The van der Waals surface area contributed by atoms with Crippen molar-refractivity contribution in [2.45, 2.75) is 26.2 Å². The minimum absolute atomic E-state index is 0.0751. The van der Waals surface area contributed by atoms with Gasteiger partial charge in [-0.1, -0.05) is 18.5 Å². The molecule has 0 unspecified atom stereocenters. The molecular formula is C22H23ClN2O3S. The molecule has 7 heteroatoms. The van der Waals surface area contributed by atoms with Crippen molar-refractivity contribution in [3.63, 3.8) is 0 Å². The van der Waals surface area contributed by atoms with Crippen molar-refractivity contribution in [1.29, 1.82) is 0 Å². The number of halogens is 1. The summed E-state index contributed by atoms with van der Waals surface area (Å²) in [6.45, 7) is 3.24. The van der Waals surface area contributed by atoms with Crippen LogP contribution < -0.4 is 14.8 Å². The van der Waals surface area contributed by atoms with Crippen LogP contribution in [0, 0.1) is 0 Å². The second-order valence-corrected chi connectivity index (χ2v) is 7.66. The minimum atomic E-state index is -0.0751. The van der Waals surface area contributed by atoms with Crippen LogP contribution in [0.2, 0.25) is 5.02 Å². The number of anilines is 1. The zero-order chi connectivity index (χ0) is 20.5. The Morgan fingerprint density at radius 3 is 2.38 bits per heavy atom. The van der Waals surface area contributed by atoms with E-state index in [0.29, 0.717) is 36.2 Å². The normalized spacial score (nSPS) is 10.6. The van der Waals surface area contributed by atoms with E-state index in [1.54, 1.807) is 12.1 Å². The number of carbonyl (C=O) groups is 1. The van der Waals surface area contributed by atoms with Gasteiger partial charge >= 0.3 is 0 Å². The van der Waals surface area contributed by atoms with E-state index in [1.165, 1.54) is 11.3 Å². The van der Waals surface area contributed by atoms with Gasteiger partial charge in [-0.3, -0.25) is 4.79 Å². The summed E-state index contributed by atoms with van der Waals surface area (Å²) >= 11 is 7.25. The van der Waals surface area contributed by atoms with E-state index in [9.17, 15) is 4.79 Å². The van der Waals surface area contributed by atoms with Gasteiger partial charge in [0.05, 0.1) is 18.9 Å². The van der Waals surface area contributed by atoms with Gasteiger partial charge in [0.2, 0.25) is 5.91 Å². The third-order valence-electron chi connectivity index (χ3n) is 4.00. The van der Waals surface area contributed by atoms with E-state index in [2.05, 4.69) is 17.2 Å². The SMILES string of the molecule is CCCOc1ccc(-c2csc(NC(=O)CCCOc3ccc(Cl)cc3)n2)cc1. The Kier molecular flexibility index (Phi) is 7.90. The molecule has 0 aliphatic carbocycles. The lowest BCUT2D eigenvalue weighted by Gasteiger charge is -2.06. The van der Waals surface area contributed by atoms with E-state index in [4.69, 9.17) is 21.1 Å². The number of nitrogens with one attached hydrogen (secondary N) is 1. The summed E-state index contributed by atoms with van der Waals surface area (Å²) in [7, 11) is 0. The average Bonchev–Trinajstić information content (AvgIpc) is 3.19. The van der Waals surface area contributed by atoms with Crippen molar-refractivity contribution in [2.75, 3.05) is 18.5 Å². The van der Waals surface area contributed by atoms with Crippen molar-refractivity contribution >= 4 is 34.0 Å². The van der Waals surface area contributed by atoms with Crippen LogP contribution in [0.3, 0.4) is 0 Å². The standard InChI is InChI=1S/C22H23ClN2O3S/c1-2-13-27-18-9-5-16(6-10-18)20-15-29-22(24-20)25-21(26)4-3-14-28-19-11-7-17(23)8-12-19/h5-12,15H,2-4,13-14H2,1H3,(H,24,25,26). The van der Waals surface area contributed by atoms with Crippen LogP contribution in [0.25, 0.3) is 11.3 Å². The number of amides is 1. The first-order chi connectivity index (χ1) is 14.1. The molecule has 1 amide bonds. The van der Waals surface area contributed by atoms with Gasteiger partial charge < -0.3 is 14.8 Å². The lowest BCUT2D eigenvalue weighted by atomic mass is 10.2. The van der Waals surface area contributed by atoms with Crippen LogP contribution in [0.5, 0.6) is 11.5 Å². The van der Waals surface area contributed by atoms with Gasteiger partial charge in [0, 0.05) is 22.4 Å². The smallest absolute Gasteiger partial charge is 0.226 e. The highest BCUT2D eigenvalue weighted by molar-refractivity contribution is 7.14. The summed E-state index contributed by atoms with van der Waals surface area (Å²) in [5.41, 5.74) is 1.82. The molecule has 0 saturated carbocycles. The Bertz CT molecular complexity index is 911. The quantitative estimate of drug-likeness (QED) is 0.398. The highest BCUT2D eigenvalue weighted by Gasteiger charge is 2.08. The lowest BCUT2D eigenvalue weighted by Crippen LogP contribution is -2.12. The molecule has 0 bridgehead atoms.